The maximum Gasteiger partial charge on any atom is 0.350 e. The number of carboxylic acid groups (broad SMARTS) is 2. The van der Waals surface area contributed by atoms with E-state index in [0.29, 0.717) is 17.7 Å². The molecule has 0 spiro atoms. The summed E-state index contributed by atoms with van der Waals surface area (Å²) in [6.45, 7) is 3.26. The number of nitrogens with zero attached hydrogens (tertiary/aromatic N) is 5. The maximum absolute atomic E-state index is 13.4. The van der Waals surface area contributed by atoms with E-state index in [2.05, 4.69) is 20.0 Å². The van der Waals surface area contributed by atoms with Crippen molar-refractivity contribution in [3.05, 3.63) is 88.5 Å². The van der Waals surface area contributed by atoms with Crippen LogP contribution in [-0.4, -0.2) is 77.6 Å². The first kappa shape index (κ1) is 34.1. The van der Waals surface area contributed by atoms with Gasteiger partial charge in [0.2, 0.25) is 5.60 Å². The van der Waals surface area contributed by atoms with Gasteiger partial charge >= 0.3 is 5.97 Å². The van der Waals surface area contributed by atoms with E-state index in [1.165, 1.54) is 31.0 Å². The van der Waals surface area contributed by atoms with Gasteiger partial charge in [-0.3, -0.25) is 19.9 Å². The fourth-order valence-corrected chi connectivity index (χ4v) is 7.32. The summed E-state index contributed by atoms with van der Waals surface area (Å²) in [4.78, 5) is 60.9. The van der Waals surface area contributed by atoms with Crippen molar-refractivity contribution in [2.75, 3.05) is 11.5 Å². The molecule has 0 unspecified atom stereocenters. The Morgan fingerprint density at radius 1 is 1.24 bits per heavy atom. The third-order valence-corrected chi connectivity index (χ3v) is 10.2. The second kappa shape index (κ2) is 13.3. The highest BCUT2D eigenvalue weighted by atomic mass is 32.2. The molecule has 18 heteroatoms. The lowest BCUT2D eigenvalue weighted by atomic mass is 10.0. The number of thiazole rings is 1. The summed E-state index contributed by atoms with van der Waals surface area (Å²) < 4.78 is 3.90. The van der Waals surface area contributed by atoms with Crippen molar-refractivity contribution in [2.45, 2.75) is 44.0 Å². The molecular formula is C32H31N9O7S2. The zero-order chi connectivity index (χ0) is 35.9. The number of anilines is 1. The average Bonchev–Trinajstić information content (AvgIpc) is 3.68. The molecule has 1 saturated heterocycles. The highest BCUT2D eigenvalue weighted by Gasteiger charge is 2.53. The van der Waals surface area contributed by atoms with Gasteiger partial charge in [-0.15, -0.1) is 23.1 Å². The quantitative estimate of drug-likeness (QED) is 0.0429. The lowest BCUT2D eigenvalue weighted by Crippen LogP contribution is -2.71. The summed E-state index contributed by atoms with van der Waals surface area (Å²) in [5, 5.41) is 37.4. The van der Waals surface area contributed by atoms with Crippen molar-refractivity contribution in [3.63, 3.8) is 0 Å². The number of hydrogen-bond donors (Lipinski definition) is 5. The standard InChI is InChI=1S/C32H31N9O7S2/c1-32(2,30(46)47)48-38-22(20-15-50-31(35)36-20)26(42)37-23-27(43)41-24(29(44)45)19(14-49-28(23)41)13-39-9-8-21-18(12-39)7-10-40(21)11-16-3-5-17(6-4-16)25(33)34/h3-10,12,15,23,28H,11,13-14H2,1-2H3,(H7-,33,34,35,36,37,42,44,45,46,47)/t23-,28-/m1/s1. The Morgan fingerprint density at radius 2 is 1.98 bits per heavy atom. The number of carbonyl (C=O) groups excluding carboxylic acids is 3. The summed E-state index contributed by atoms with van der Waals surface area (Å²) in [7, 11) is 0. The van der Waals surface area contributed by atoms with Gasteiger partial charge in [0.1, 0.15) is 22.9 Å². The topological polar surface area (TPSA) is 246 Å². The molecule has 5 heterocycles. The van der Waals surface area contributed by atoms with E-state index < -0.39 is 46.5 Å². The third kappa shape index (κ3) is 6.61. The minimum absolute atomic E-state index is 0.00498. The van der Waals surface area contributed by atoms with Gasteiger partial charge < -0.3 is 41.2 Å². The molecule has 7 N–H and O–H groups in total. The Morgan fingerprint density at radius 3 is 2.62 bits per heavy atom. The zero-order valence-corrected chi connectivity index (χ0v) is 28.3. The Labute approximate surface area is 292 Å². The number of aromatic nitrogens is 3. The predicted molar refractivity (Wildman–Crippen MR) is 182 cm³/mol. The van der Waals surface area contributed by atoms with Crippen LogP contribution in [-0.2, 0) is 37.1 Å². The van der Waals surface area contributed by atoms with Crippen LogP contribution in [0.1, 0.15) is 30.7 Å². The van der Waals surface area contributed by atoms with Gasteiger partial charge in [0.15, 0.2) is 29.8 Å². The van der Waals surface area contributed by atoms with E-state index >= 15 is 0 Å². The number of amidine groups is 1. The molecule has 2 atom stereocenters. The number of thioether (sulfide) groups is 1. The van der Waals surface area contributed by atoms with Crippen LogP contribution < -0.4 is 26.5 Å². The Kier molecular flexibility index (Phi) is 9.06. The molecule has 2 aliphatic rings. The number of oxime groups is 1. The molecule has 0 saturated carbocycles. The molecule has 2 amide bonds. The molecule has 6 rings (SSSR count). The molecule has 2 aliphatic heterocycles. The number of nitrogens with one attached hydrogen (secondary N) is 2. The smallest absolute Gasteiger partial charge is 0.350 e. The van der Waals surface area contributed by atoms with Crippen LogP contribution in [0.15, 0.2) is 76.8 Å². The molecule has 16 nitrogen and oxygen atoms in total. The van der Waals surface area contributed by atoms with Crippen LogP contribution >= 0.6 is 23.1 Å². The number of benzene rings is 1. The minimum atomic E-state index is -1.78. The number of pyridine rings is 1. The molecule has 50 heavy (non-hydrogen) atoms. The first-order valence-corrected chi connectivity index (χ1v) is 17.0. The van der Waals surface area contributed by atoms with E-state index in [4.69, 9.17) is 21.7 Å². The number of carbonyl (C=O) groups is 4. The van der Waals surface area contributed by atoms with E-state index in [0.717, 1.165) is 32.7 Å². The number of amides is 2. The number of β-lactam (4-membered cyclic amide) rings is 1. The van der Waals surface area contributed by atoms with Crippen LogP contribution in [0.25, 0.3) is 10.9 Å². The molecule has 4 aromatic rings. The highest BCUT2D eigenvalue weighted by Crippen LogP contribution is 2.40. The van der Waals surface area contributed by atoms with Crippen LogP contribution in [0.2, 0.25) is 0 Å². The summed E-state index contributed by atoms with van der Waals surface area (Å²) in [5.74, 6) is -4.15. The number of fused-ring (bicyclic) bond motifs is 2. The first-order chi connectivity index (χ1) is 23.7. The SMILES string of the molecule is CC(C)(ON=C(C(=O)N[C@@H]1C(=O)N2C(C(=O)[O-])=C(C[n+]3ccc4c(ccn4Cc4ccc(C(=N)N)cc4)c3)CS[C@H]12)c1csc(N)n1)C(=O)O. The third-order valence-electron chi connectivity index (χ3n) is 8.15. The van der Waals surface area contributed by atoms with Gasteiger partial charge in [0.25, 0.3) is 11.8 Å². The minimum Gasteiger partial charge on any atom is -0.543 e. The number of rotatable bonds is 12. The number of nitrogen functional groups attached to an aromatic ring is 2. The van der Waals surface area contributed by atoms with Crippen molar-refractivity contribution in [3.8, 4) is 0 Å². The largest absolute Gasteiger partial charge is 0.543 e. The Hall–Kier alpha value is -5.75. The van der Waals surface area contributed by atoms with Crippen LogP contribution in [0.3, 0.4) is 0 Å². The molecular weight excluding hydrogens is 687 g/mol. The summed E-state index contributed by atoms with van der Waals surface area (Å²) in [6.07, 6.45) is 5.67. The fraction of sp³-hybridized carbons (Fsp3) is 0.250. The number of hydrogen-bond acceptors (Lipinski definition) is 12. The lowest BCUT2D eigenvalue weighted by molar-refractivity contribution is -0.687. The maximum atomic E-state index is 13.4. The second-order valence-electron chi connectivity index (χ2n) is 12.0. The van der Waals surface area contributed by atoms with Crippen LogP contribution in [0.4, 0.5) is 5.13 Å². The van der Waals surface area contributed by atoms with E-state index in [1.807, 2.05) is 47.4 Å². The molecule has 0 radical (unpaired) electrons. The van der Waals surface area contributed by atoms with E-state index in [1.54, 1.807) is 12.1 Å². The van der Waals surface area contributed by atoms with Crippen molar-refractivity contribution >= 4 is 74.4 Å². The normalized spacial score (nSPS) is 17.7. The number of carboxylic acids is 2. The summed E-state index contributed by atoms with van der Waals surface area (Å²) >= 11 is 2.30. The summed E-state index contributed by atoms with van der Waals surface area (Å²) in [6, 6.07) is 10.2. The number of aliphatic carboxylic acids is 2. The second-order valence-corrected chi connectivity index (χ2v) is 14.0. The van der Waals surface area contributed by atoms with Gasteiger partial charge in [0.05, 0.1) is 22.6 Å². The Balaban J connectivity index is 1.18. The van der Waals surface area contributed by atoms with E-state index in [9.17, 15) is 29.4 Å². The van der Waals surface area contributed by atoms with Crippen molar-refractivity contribution < 1.29 is 38.8 Å². The molecule has 1 aromatic carbocycles. The Bertz CT molecular complexity index is 2120. The van der Waals surface area contributed by atoms with Crippen LogP contribution in [0, 0.1) is 5.41 Å². The first-order valence-electron chi connectivity index (χ1n) is 15.0. The van der Waals surface area contributed by atoms with Crippen molar-refractivity contribution in [1.29, 1.82) is 5.41 Å². The molecule has 0 bridgehead atoms. The number of nitrogens with two attached hydrogens (primary N) is 2. The molecule has 1 fully saturated rings. The zero-order valence-electron chi connectivity index (χ0n) is 26.7. The van der Waals surface area contributed by atoms with Gasteiger partial charge in [-0.1, -0.05) is 29.4 Å². The fourth-order valence-electron chi connectivity index (χ4n) is 5.44. The van der Waals surface area contributed by atoms with Gasteiger partial charge in [-0.2, -0.15) is 0 Å². The summed E-state index contributed by atoms with van der Waals surface area (Å²) in [5.41, 5.74) is 12.0. The van der Waals surface area contributed by atoms with Gasteiger partial charge in [-0.25, -0.2) is 14.3 Å². The molecule has 3 aromatic heterocycles. The lowest BCUT2D eigenvalue weighted by Gasteiger charge is -2.50. The highest BCUT2D eigenvalue weighted by molar-refractivity contribution is 8.00. The van der Waals surface area contributed by atoms with Gasteiger partial charge in [-0.05, 0) is 25.5 Å². The van der Waals surface area contributed by atoms with E-state index in [-0.39, 0.29) is 34.7 Å². The van der Waals surface area contributed by atoms with Crippen molar-refractivity contribution in [1.82, 2.24) is 19.8 Å². The monoisotopic (exact) mass is 717 g/mol. The van der Waals surface area contributed by atoms with Gasteiger partial charge in [0, 0.05) is 41.1 Å². The molecule has 0 aliphatic carbocycles. The predicted octanol–water partition coefficient (Wildman–Crippen LogP) is -0.0121. The van der Waals surface area contributed by atoms with Crippen LogP contribution in [0.5, 0.6) is 0 Å². The average molecular weight is 718 g/mol. The molecule has 258 valence electrons. The van der Waals surface area contributed by atoms with Crippen molar-refractivity contribution in [2.24, 2.45) is 10.9 Å².